The number of hydrogen-bond acceptors (Lipinski definition) is 18. The molecule has 8 rings (SSSR count). The molecule has 78 heavy (non-hydrogen) atoms. The van der Waals surface area contributed by atoms with Crippen molar-refractivity contribution in [2.45, 2.75) is 96.2 Å². The topological polar surface area (TPSA) is 299 Å². The predicted molar refractivity (Wildman–Crippen MR) is 309 cm³/mol. The molecule has 0 aliphatic carbocycles. The van der Waals surface area contributed by atoms with Crippen LogP contribution in [-0.2, 0) is 13.1 Å². The van der Waals surface area contributed by atoms with E-state index in [0.717, 1.165) is 50.6 Å². The number of aromatic nitrogens is 8. The van der Waals surface area contributed by atoms with Gasteiger partial charge in [-0.2, -0.15) is 30.2 Å². The van der Waals surface area contributed by atoms with E-state index in [0.29, 0.717) is 47.2 Å². The van der Waals surface area contributed by atoms with Gasteiger partial charge in [-0.1, -0.05) is 54.1 Å². The monoisotopic (exact) mass is 1060 g/mol. The number of aromatic hydroxyl groups is 2. The molecular weight excluding hydrogens is 993 g/mol. The van der Waals surface area contributed by atoms with Crippen LogP contribution in [0.1, 0.15) is 69.5 Å². The van der Waals surface area contributed by atoms with Crippen LogP contribution in [0.2, 0.25) is 0 Å². The number of azo groups is 2. The summed E-state index contributed by atoms with van der Waals surface area (Å²) in [6.45, 7) is 23.3. The second kappa shape index (κ2) is 27.3. The van der Waals surface area contributed by atoms with Crippen LogP contribution in [0.5, 0.6) is 11.8 Å². The van der Waals surface area contributed by atoms with Crippen LogP contribution in [0.4, 0.5) is 57.9 Å². The number of anilines is 6. The van der Waals surface area contributed by atoms with E-state index in [-0.39, 0.29) is 46.1 Å². The van der Waals surface area contributed by atoms with Gasteiger partial charge in [0.1, 0.15) is 0 Å². The van der Waals surface area contributed by atoms with Crippen molar-refractivity contribution in [1.82, 2.24) is 39.0 Å². The molecule has 0 amide bonds. The highest BCUT2D eigenvalue weighted by Gasteiger charge is 2.17. The van der Waals surface area contributed by atoms with Gasteiger partial charge in [0, 0.05) is 49.7 Å². The quantitative estimate of drug-likeness (QED) is 0.0528. The Kier molecular flexibility index (Phi) is 20.7. The maximum absolute atomic E-state index is 12.4. The Bertz CT molecular complexity index is 3570. The molecule has 4 heterocycles. The summed E-state index contributed by atoms with van der Waals surface area (Å²) >= 11 is 0. The van der Waals surface area contributed by atoms with Crippen LogP contribution in [0.15, 0.2) is 125 Å². The zero-order chi connectivity index (χ0) is 57.4. The molecule has 8 N–H and O–H groups in total. The minimum atomic E-state index is -0.445. The van der Waals surface area contributed by atoms with Crippen LogP contribution in [-0.4, -0.2) is 63.3 Å². The van der Waals surface area contributed by atoms with Crippen molar-refractivity contribution in [3.05, 3.63) is 182 Å². The number of nitrogens with one attached hydrogen (secondary N) is 6. The van der Waals surface area contributed by atoms with Gasteiger partial charge in [0.2, 0.25) is 23.8 Å². The maximum atomic E-state index is 12.4. The molecule has 0 atom stereocenters. The minimum Gasteiger partial charge on any atom is -0.494 e. The Morgan fingerprint density at radius 2 is 0.872 bits per heavy atom. The second-order valence-electron chi connectivity index (χ2n) is 18.1. The van der Waals surface area contributed by atoms with Gasteiger partial charge in [0.25, 0.3) is 11.1 Å². The van der Waals surface area contributed by atoms with Gasteiger partial charge in [-0.25, -0.2) is 9.59 Å². The summed E-state index contributed by atoms with van der Waals surface area (Å²) in [6.07, 6.45) is 0. The lowest BCUT2D eigenvalue weighted by Crippen LogP contribution is -2.20. The van der Waals surface area contributed by atoms with Gasteiger partial charge >= 0.3 is 11.4 Å². The van der Waals surface area contributed by atoms with Crippen LogP contribution in [0.3, 0.4) is 0 Å². The lowest BCUT2D eigenvalue weighted by atomic mass is 10.1. The average Bonchev–Trinajstić information content (AvgIpc) is 3.42. The predicted octanol–water partition coefficient (Wildman–Crippen LogP) is 11.0. The van der Waals surface area contributed by atoms with E-state index in [2.05, 4.69) is 71.6 Å². The van der Waals surface area contributed by atoms with E-state index < -0.39 is 11.4 Å². The summed E-state index contributed by atoms with van der Waals surface area (Å²) in [7, 11) is 3.32. The highest BCUT2D eigenvalue weighted by atomic mass is 16.3. The lowest BCUT2D eigenvalue weighted by molar-refractivity contribution is 0.406. The fourth-order valence-electron chi connectivity index (χ4n) is 7.29. The Morgan fingerprint density at radius 1 is 0.474 bits per heavy atom. The van der Waals surface area contributed by atoms with Crippen molar-refractivity contribution in [1.29, 1.82) is 0 Å². The molecule has 0 radical (unpaired) electrons. The number of benzene rings is 4. The van der Waals surface area contributed by atoms with Gasteiger partial charge in [-0.05, 0) is 158 Å². The zero-order valence-corrected chi connectivity index (χ0v) is 46.5. The Labute approximate surface area is 451 Å². The molecule has 0 bridgehead atoms. The number of rotatable bonds is 12. The van der Waals surface area contributed by atoms with Crippen molar-refractivity contribution >= 4 is 57.9 Å². The summed E-state index contributed by atoms with van der Waals surface area (Å²) in [5, 5.41) is 48.3. The van der Waals surface area contributed by atoms with Crippen molar-refractivity contribution in [2.75, 3.05) is 35.4 Å². The van der Waals surface area contributed by atoms with E-state index >= 15 is 0 Å². The third-order valence-corrected chi connectivity index (χ3v) is 12.1. The van der Waals surface area contributed by atoms with Crippen molar-refractivity contribution in [3.63, 3.8) is 0 Å². The van der Waals surface area contributed by atoms with Crippen LogP contribution in [0.25, 0.3) is 0 Å². The molecule has 8 aromatic rings. The van der Waals surface area contributed by atoms with E-state index in [1.807, 2.05) is 140 Å². The summed E-state index contributed by atoms with van der Waals surface area (Å²) in [5.74, 6) is 1.27. The summed E-state index contributed by atoms with van der Waals surface area (Å²) in [4.78, 5) is 67.8. The molecule has 0 spiro atoms. The van der Waals surface area contributed by atoms with Crippen molar-refractivity contribution < 1.29 is 10.2 Å². The van der Waals surface area contributed by atoms with Crippen LogP contribution in [0, 0.1) is 69.2 Å². The second-order valence-corrected chi connectivity index (χ2v) is 18.1. The van der Waals surface area contributed by atoms with Crippen molar-refractivity contribution in [2.24, 2.45) is 20.5 Å². The first-order chi connectivity index (χ1) is 37.1. The zero-order valence-electron chi connectivity index (χ0n) is 46.5. The molecular formula is C56H68N16O6. The molecule has 408 valence electrons. The molecule has 0 fully saturated rings. The summed E-state index contributed by atoms with van der Waals surface area (Å²) < 4.78 is 2.61. The van der Waals surface area contributed by atoms with E-state index in [1.165, 1.54) is 14.7 Å². The smallest absolute Gasteiger partial charge is 0.351 e. The Morgan fingerprint density at radius 3 is 1.27 bits per heavy atom. The van der Waals surface area contributed by atoms with Gasteiger partial charge in [0.15, 0.2) is 23.1 Å². The molecule has 0 aliphatic heterocycles. The maximum Gasteiger partial charge on any atom is 0.351 e. The molecule has 22 nitrogen and oxygen atoms in total. The number of H-pyrrole nitrogens is 2. The van der Waals surface area contributed by atoms with Crippen LogP contribution < -0.4 is 43.8 Å². The van der Waals surface area contributed by atoms with E-state index in [9.17, 15) is 29.4 Å². The fourth-order valence-corrected chi connectivity index (χ4v) is 7.29. The number of aromatic amines is 2. The molecule has 0 saturated carbocycles. The first-order valence-corrected chi connectivity index (χ1v) is 24.9. The summed E-state index contributed by atoms with van der Waals surface area (Å²) in [6, 6.07) is 27.4. The largest absolute Gasteiger partial charge is 0.494 e. The molecule has 4 aromatic heterocycles. The molecule has 0 saturated heterocycles. The molecule has 4 aromatic carbocycles. The fraction of sp³-hybridized carbons (Fsp3) is 0.286. The third-order valence-electron chi connectivity index (χ3n) is 12.1. The number of aryl methyl sites for hydroxylation is 6. The van der Waals surface area contributed by atoms with E-state index in [4.69, 9.17) is 0 Å². The van der Waals surface area contributed by atoms with E-state index in [1.54, 1.807) is 41.8 Å². The Balaban J connectivity index is 0.000000193. The average molecular weight is 1060 g/mol. The molecule has 22 heteroatoms. The first-order valence-electron chi connectivity index (χ1n) is 24.9. The van der Waals surface area contributed by atoms with Crippen molar-refractivity contribution in [3.8, 4) is 11.8 Å². The Hall–Kier alpha value is -9.60. The highest BCUT2D eigenvalue weighted by molar-refractivity contribution is 5.57. The molecule has 0 aliphatic rings. The van der Waals surface area contributed by atoms with Gasteiger partial charge in [-0.3, -0.25) is 28.7 Å². The van der Waals surface area contributed by atoms with Gasteiger partial charge < -0.3 is 31.5 Å². The summed E-state index contributed by atoms with van der Waals surface area (Å²) in [5.41, 5.74) is 11.3. The first kappa shape index (κ1) is 59.3. The highest BCUT2D eigenvalue weighted by Crippen LogP contribution is 2.30. The number of pyridine rings is 2. The standard InChI is InChI=1S/2C17H21N3O2.2C11H13N5O/c2*1-6-20-16(21)13(5)12(4)15(17(20)22)19-18-14-9-10(2)7-8-11(14)3;1-7-3-5-8(6-4-7)13-10-14-9(12-2)15-11(17)16-10;1-7-4-3-5-8(6-7)13-10-14-9(12-2)15-11(17)16-10/h2*7-9,21H,6H2,1-5H3;2*3-6H,1-2H3,(H3,12,13,14,15,16,17). The minimum absolute atomic E-state index is 0.00399. The normalized spacial score (nSPS) is 10.7. The van der Waals surface area contributed by atoms with Crippen LogP contribution >= 0.6 is 0 Å². The van der Waals surface area contributed by atoms with Gasteiger partial charge in [-0.15, -0.1) is 10.2 Å². The lowest BCUT2D eigenvalue weighted by Gasteiger charge is -2.12. The van der Waals surface area contributed by atoms with Gasteiger partial charge in [0.05, 0.1) is 11.4 Å². The molecule has 0 unspecified atom stereocenters. The number of nitrogens with zero attached hydrogens (tertiary/aromatic N) is 10. The number of hydrogen-bond donors (Lipinski definition) is 8. The SMILES string of the molecule is CCn1c(O)c(C)c(C)c(N=Nc2cc(C)ccc2C)c1=O.CCn1c(O)c(C)c(C)c(N=Nc2cc(C)ccc2C)c1=O.CNc1nc(Nc2ccc(C)cc2)[nH]c(=O)n1.CNc1nc(Nc2cccc(C)c2)[nH]c(=O)n1. The third kappa shape index (κ3) is 15.7.